The number of hydrogen-bond donors (Lipinski definition) is 2. The van der Waals surface area contributed by atoms with Crippen molar-refractivity contribution in [3.8, 4) is 0 Å². The van der Waals surface area contributed by atoms with Crippen molar-refractivity contribution >= 4 is 17.6 Å². The summed E-state index contributed by atoms with van der Waals surface area (Å²) in [5.41, 5.74) is 2.47. The molecule has 0 aliphatic carbocycles. The first-order valence-electron chi connectivity index (χ1n) is 9.42. The normalized spacial score (nSPS) is 19.4. The van der Waals surface area contributed by atoms with Crippen molar-refractivity contribution in [2.75, 3.05) is 18.4 Å². The molecule has 0 radical (unpaired) electrons. The van der Waals surface area contributed by atoms with Gasteiger partial charge in [-0.15, -0.1) is 0 Å². The number of hydrogen-bond acceptors (Lipinski definition) is 2. The van der Waals surface area contributed by atoms with E-state index in [0.29, 0.717) is 19.6 Å². The summed E-state index contributed by atoms with van der Waals surface area (Å²) in [4.78, 5) is 27.2. The summed E-state index contributed by atoms with van der Waals surface area (Å²) in [6.45, 7) is 5.59. The van der Waals surface area contributed by atoms with E-state index < -0.39 is 5.41 Å². The van der Waals surface area contributed by atoms with E-state index in [-0.39, 0.29) is 11.9 Å². The lowest BCUT2D eigenvalue weighted by molar-refractivity contribution is -0.132. The average molecular weight is 365 g/mol. The molecule has 142 valence electrons. The molecule has 3 rings (SSSR count). The highest BCUT2D eigenvalue weighted by atomic mass is 16.2. The van der Waals surface area contributed by atoms with Gasteiger partial charge in [-0.05, 0) is 49.9 Å². The smallest absolute Gasteiger partial charge is 0.321 e. The van der Waals surface area contributed by atoms with Gasteiger partial charge in [-0.3, -0.25) is 4.79 Å². The number of piperidine rings is 1. The molecule has 3 amide bonds. The summed E-state index contributed by atoms with van der Waals surface area (Å²) in [5, 5.41) is 5.97. The minimum atomic E-state index is -0.574. The van der Waals surface area contributed by atoms with Crippen molar-refractivity contribution in [1.29, 1.82) is 0 Å². The summed E-state index contributed by atoms with van der Waals surface area (Å²) >= 11 is 0. The van der Waals surface area contributed by atoms with E-state index in [1.807, 2.05) is 68.4 Å². The van der Waals surface area contributed by atoms with Gasteiger partial charge in [0.1, 0.15) is 0 Å². The Hall–Kier alpha value is -2.82. The van der Waals surface area contributed by atoms with E-state index in [1.54, 1.807) is 4.90 Å². The molecule has 5 heteroatoms. The molecule has 1 saturated heterocycles. The molecule has 0 unspecified atom stereocenters. The van der Waals surface area contributed by atoms with Gasteiger partial charge in [-0.1, -0.05) is 42.5 Å². The van der Waals surface area contributed by atoms with Crippen molar-refractivity contribution in [2.45, 2.75) is 33.2 Å². The number of anilines is 1. The third kappa shape index (κ3) is 4.67. The van der Waals surface area contributed by atoms with E-state index in [2.05, 4.69) is 10.6 Å². The van der Waals surface area contributed by atoms with Crippen LogP contribution in [0.5, 0.6) is 0 Å². The highest BCUT2D eigenvalue weighted by molar-refractivity contribution is 5.90. The number of nitrogens with zero attached hydrogens (tertiary/aromatic N) is 1. The maximum absolute atomic E-state index is 12.9. The number of urea groups is 1. The average Bonchev–Trinajstić information content (AvgIpc) is 2.68. The van der Waals surface area contributed by atoms with Crippen LogP contribution < -0.4 is 10.6 Å². The number of carbonyl (C=O) groups is 2. The van der Waals surface area contributed by atoms with Gasteiger partial charge in [-0.2, -0.15) is 0 Å². The Morgan fingerprint density at radius 2 is 1.78 bits per heavy atom. The molecular weight excluding hydrogens is 338 g/mol. The summed E-state index contributed by atoms with van der Waals surface area (Å²) in [5.74, 6) is 0.00274. The number of benzene rings is 2. The molecule has 1 fully saturated rings. The Labute approximate surface area is 160 Å². The highest BCUT2D eigenvalue weighted by Crippen LogP contribution is 2.30. The van der Waals surface area contributed by atoms with Crippen molar-refractivity contribution in [3.63, 3.8) is 0 Å². The zero-order valence-corrected chi connectivity index (χ0v) is 16.0. The van der Waals surface area contributed by atoms with E-state index >= 15 is 0 Å². The fourth-order valence-electron chi connectivity index (χ4n) is 3.52. The molecule has 0 saturated carbocycles. The predicted octanol–water partition coefficient (Wildman–Crippen LogP) is 3.95. The lowest BCUT2D eigenvalue weighted by Crippen LogP contribution is -2.52. The second-order valence-corrected chi connectivity index (χ2v) is 7.49. The molecule has 0 bridgehead atoms. The molecular formula is C22H27N3O2. The van der Waals surface area contributed by atoms with Gasteiger partial charge in [0, 0.05) is 25.3 Å². The zero-order valence-electron chi connectivity index (χ0n) is 16.0. The topological polar surface area (TPSA) is 61.4 Å². The molecule has 27 heavy (non-hydrogen) atoms. The van der Waals surface area contributed by atoms with Crippen LogP contribution in [0, 0.1) is 12.3 Å². The molecule has 1 heterocycles. The maximum atomic E-state index is 12.9. The predicted molar refractivity (Wildman–Crippen MR) is 107 cm³/mol. The van der Waals surface area contributed by atoms with Gasteiger partial charge in [0.15, 0.2) is 0 Å². The molecule has 2 N–H and O–H groups in total. The van der Waals surface area contributed by atoms with Crippen LogP contribution in [0.25, 0.3) is 0 Å². The van der Waals surface area contributed by atoms with Crippen molar-refractivity contribution in [3.05, 3.63) is 65.7 Å². The SMILES string of the molecule is Cc1ccccc1CNC(=O)[C@@]1(C)CCCN(C(=O)Nc2ccccc2)C1. The van der Waals surface area contributed by atoms with Crippen LogP contribution in [0.3, 0.4) is 0 Å². The number of para-hydroxylation sites is 1. The quantitative estimate of drug-likeness (QED) is 0.862. The minimum absolute atomic E-state index is 0.00274. The fraction of sp³-hybridized carbons (Fsp3) is 0.364. The molecule has 1 aliphatic rings. The number of nitrogens with one attached hydrogen (secondary N) is 2. The van der Waals surface area contributed by atoms with Crippen molar-refractivity contribution in [2.24, 2.45) is 5.41 Å². The van der Waals surface area contributed by atoms with Gasteiger partial charge < -0.3 is 15.5 Å². The first kappa shape index (κ1) is 19.0. The van der Waals surface area contributed by atoms with E-state index in [0.717, 1.165) is 29.7 Å². The number of carbonyl (C=O) groups excluding carboxylic acids is 2. The number of aryl methyl sites for hydroxylation is 1. The third-order valence-electron chi connectivity index (χ3n) is 5.26. The Morgan fingerprint density at radius 3 is 2.52 bits per heavy atom. The lowest BCUT2D eigenvalue weighted by atomic mass is 9.81. The Balaban J connectivity index is 1.60. The van der Waals surface area contributed by atoms with E-state index in [1.165, 1.54) is 0 Å². The van der Waals surface area contributed by atoms with Crippen LogP contribution in [0.15, 0.2) is 54.6 Å². The monoisotopic (exact) mass is 365 g/mol. The Kier molecular flexibility index (Phi) is 5.79. The molecule has 2 aromatic rings. The van der Waals surface area contributed by atoms with E-state index in [9.17, 15) is 9.59 Å². The molecule has 1 aliphatic heterocycles. The highest BCUT2D eigenvalue weighted by Gasteiger charge is 2.39. The van der Waals surface area contributed by atoms with Crippen LogP contribution in [0.1, 0.15) is 30.9 Å². The standard InChI is InChI=1S/C22H27N3O2/c1-17-9-6-7-10-18(17)15-23-20(26)22(2)13-8-14-25(16-22)21(27)24-19-11-4-3-5-12-19/h3-7,9-12H,8,13-16H2,1-2H3,(H,23,26)(H,24,27)/t22-/m0/s1. The number of likely N-dealkylation sites (tertiary alicyclic amines) is 1. The van der Waals surface area contributed by atoms with Gasteiger partial charge in [0.2, 0.25) is 5.91 Å². The lowest BCUT2D eigenvalue weighted by Gasteiger charge is -2.39. The van der Waals surface area contributed by atoms with Crippen molar-refractivity contribution in [1.82, 2.24) is 10.2 Å². The van der Waals surface area contributed by atoms with Gasteiger partial charge in [0.25, 0.3) is 0 Å². The summed E-state index contributed by atoms with van der Waals surface area (Å²) in [6.07, 6.45) is 1.60. The first-order valence-corrected chi connectivity index (χ1v) is 9.42. The number of amides is 3. The summed E-state index contributed by atoms with van der Waals surface area (Å²) in [7, 11) is 0. The van der Waals surface area contributed by atoms with Crippen LogP contribution in [-0.2, 0) is 11.3 Å². The summed E-state index contributed by atoms with van der Waals surface area (Å²) < 4.78 is 0. The summed E-state index contributed by atoms with van der Waals surface area (Å²) in [6, 6.07) is 17.3. The van der Waals surface area contributed by atoms with Crippen molar-refractivity contribution < 1.29 is 9.59 Å². The largest absolute Gasteiger partial charge is 0.351 e. The van der Waals surface area contributed by atoms with Crippen LogP contribution in [0.4, 0.5) is 10.5 Å². The molecule has 2 aromatic carbocycles. The maximum Gasteiger partial charge on any atom is 0.321 e. The zero-order chi connectivity index (χ0) is 19.3. The number of rotatable bonds is 4. The fourth-order valence-corrected chi connectivity index (χ4v) is 3.52. The second kappa shape index (κ2) is 8.25. The molecule has 0 aromatic heterocycles. The first-order chi connectivity index (χ1) is 13.0. The van der Waals surface area contributed by atoms with E-state index in [4.69, 9.17) is 0 Å². The van der Waals surface area contributed by atoms with Crippen LogP contribution in [-0.4, -0.2) is 29.9 Å². The minimum Gasteiger partial charge on any atom is -0.351 e. The Bertz CT molecular complexity index is 806. The third-order valence-corrected chi connectivity index (χ3v) is 5.26. The Morgan fingerprint density at radius 1 is 1.07 bits per heavy atom. The molecule has 0 spiro atoms. The van der Waals surface area contributed by atoms with Crippen LogP contribution >= 0.6 is 0 Å². The second-order valence-electron chi connectivity index (χ2n) is 7.49. The van der Waals surface area contributed by atoms with Gasteiger partial charge in [-0.25, -0.2) is 4.79 Å². The molecule has 5 nitrogen and oxygen atoms in total. The van der Waals surface area contributed by atoms with Crippen LogP contribution in [0.2, 0.25) is 0 Å². The van der Waals surface area contributed by atoms with Gasteiger partial charge >= 0.3 is 6.03 Å². The van der Waals surface area contributed by atoms with Gasteiger partial charge in [0.05, 0.1) is 5.41 Å². The molecule has 1 atom stereocenters.